The summed E-state index contributed by atoms with van der Waals surface area (Å²) >= 11 is 0. The van der Waals surface area contributed by atoms with Crippen molar-refractivity contribution in [2.24, 2.45) is 0 Å². The molecule has 0 aromatic rings. The first-order valence-corrected chi connectivity index (χ1v) is 4.54. The fourth-order valence-corrected chi connectivity index (χ4v) is 0.775. The van der Waals surface area contributed by atoms with Gasteiger partial charge in [0.25, 0.3) is 6.43 Å². The molecule has 0 fully saturated rings. The lowest BCUT2D eigenvalue weighted by atomic mass is 10.2. The SMILES string of the molecule is CN(CC(O)C(F)F)C(=O)OC(C)(C)C. The number of aliphatic hydroxyl groups excluding tert-OH is 1. The van der Waals surface area contributed by atoms with Crippen molar-refractivity contribution in [3.63, 3.8) is 0 Å². The summed E-state index contributed by atoms with van der Waals surface area (Å²) in [5, 5.41) is 8.84. The second-order valence-electron chi connectivity index (χ2n) is 4.26. The standard InChI is InChI=1S/C9H17F2NO3/c1-9(2,3)15-8(14)12(4)5-6(13)7(10)11/h6-7,13H,5H2,1-4H3. The number of hydrogen-bond donors (Lipinski definition) is 1. The first-order chi connectivity index (χ1) is 6.63. The molecule has 0 rings (SSSR count). The molecule has 0 saturated heterocycles. The Morgan fingerprint density at radius 3 is 2.27 bits per heavy atom. The summed E-state index contributed by atoms with van der Waals surface area (Å²) < 4.78 is 28.8. The minimum absolute atomic E-state index is 0.452. The van der Waals surface area contributed by atoms with E-state index in [0.29, 0.717) is 0 Å². The summed E-state index contributed by atoms with van der Waals surface area (Å²) in [5.74, 6) is 0. The predicted octanol–water partition coefficient (Wildman–Crippen LogP) is 1.48. The Morgan fingerprint density at radius 1 is 1.47 bits per heavy atom. The minimum Gasteiger partial charge on any atom is -0.444 e. The number of alkyl halides is 2. The van der Waals surface area contributed by atoms with Gasteiger partial charge in [0.15, 0.2) is 0 Å². The fourth-order valence-electron chi connectivity index (χ4n) is 0.775. The van der Waals surface area contributed by atoms with E-state index in [1.807, 2.05) is 0 Å². The summed E-state index contributed by atoms with van der Waals surface area (Å²) in [6, 6.07) is 0. The van der Waals surface area contributed by atoms with Crippen molar-refractivity contribution in [1.29, 1.82) is 0 Å². The average molecular weight is 225 g/mol. The number of rotatable bonds is 3. The van der Waals surface area contributed by atoms with E-state index >= 15 is 0 Å². The lowest BCUT2D eigenvalue weighted by Gasteiger charge is -2.25. The predicted molar refractivity (Wildman–Crippen MR) is 50.9 cm³/mol. The molecule has 0 aliphatic heterocycles. The van der Waals surface area contributed by atoms with Gasteiger partial charge in [0, 0.05) is 7.05 Å². The highest BCUT2D eigenvalue weighted by Gasteiger charge is 2.24. The second kappa shape index (κ2) is 5.25. The normalized spacial score (nSPS) is 13.9. The summed E-state index contributed by atoms with van der Waals surface area (Å²) in [6.07, 6.45) is -5.44. The number of likely N-dealkylation sites (N-methyl/N-ethyl adjacent to an activating group) is 1. The molecule has 1 atom stereocenters. The van der Waals surface area contributed by atoms with Crippen molar-refractivity contribution < 1.29 is 23.4 Å². The molecule has 4 nitrogen and oxygen atoms in total. The molecule has 0 saturated carbocycles. The molecule has 0 aromatic heterocycles. The summed E-state index contributed by atoms with van der Waals surface area (Å²) in [4.78, 5) is 12.2. The number of ether oxygens (including phenoxy) is 1. The largest absolute Gasteiger partial charge is 0.444 e. The smallest absolute Gasteiger partial charge is 0.410 e. The number of aliphatic hydroxyl groups is 1. The molecular weight excluding hydrogens is 208 g/mol. The van der Waals surface area contributed by atoms with Crippen LogP contribution in [-0.2, 0) is 4.74 Å². The maximum absolute atomic E-state index is 12.0. The van der Waals surface area contributed by atoms with Gasteiger partial charge >= 0.3 is 6.09 Å². The Hall–Kier alpha value is -0.910. The van der Waals surface area contributed by atoms with Crippen LogP contribution >= 0.6 is 0 Å². The van der Waals surface area contributed by atoms with Gasteiger partial charge in [0.05, 0.1) is 6.54 Å². The van der Waals surface area contributed by atoms with Gasteiger partial charge in [-0.2, -0.15) is 0 Å². The molecule has 0 aliphatic rings. The van der Waals surface area contributed by atoms with Crippen LogP contribution in [0.25, 0.3) is 0 Å². The zero-order valence-electron chi connectivity index (χ0n) is 9.33. The third kappa shape index (κ3) is 6.22. The number of carbonyl (C=O) groups is 1. The van der Waals surface area contributed by atoms with Crippen LogP contribution in [0.3, 0.4) is 0 Å². The Bertz CT molecular complexity index is 216. The molecule has 6 heteroatoms. The van der Waals surface area contributed by atoms with Crippen LogP contribution in [0.1, 0.15) is 20.8 Å². The van der Waals surface area contributed by atoms with E-state index in [-0.39, 0.29) is 0 Å². The van der Waals surface area contributed by atoms with Crippen LogP contribution < -0.4 is 0 Å². The van der Waals surface area contributed by atoms with Crippen LogP contribution in [0.2, 0.25) is 0 Å². The Kier molecular flexibility index (Phi) is 4.93. The third-order valence-corrected chi connectivity index (χ3v) is 1.46. The number of halogens is 2. The molecule has 1 unspecified atom stereocenters. The first kappa shape index (κ1) is 14.1. The van der Waals surface area contributed by atoms with E-state index in [9.17, 15) is 13.6 Å². The van der Waals surface area contributed by atoms with E-state index < -0.39 is 30.8 Å². The van der Waals surface area contributed by atoms with Gasteiger partial charge in [-0.25, -0.2) is 13.6 Å². The van der Waals surface area contributed by atoms with Gasteiger partial charge in [-0.1, -0.05) is 0 Å². The van der Waals surface area contributed by atoms with Crippen molar-refractivity contribution in [3.05, 3.63) is 0 Å². The summed E-state index contributed by atoms with van der Waals surface area (Å²) in [6.45, 7) is 4.55. The Balaban J connectivity index is 4.11. The van der Waals surface area contributed by atoms with E-state index in [1.54, 1.807) is 20.8 Å². The first-order valence-electron chi connectivity index (χ1n) is 4.54. The second-order valence-corrected chi connectivity index (χ2v) is 4.26. The van der Waals surface area contributed by atoms with E-state index in [1.165, 1.54) is 7.05 Å². The lowest BCUT2D eigenvalue weighted by molar-refractivity contribution is -0.0271. The van der Waals surface area contributed by atoms with Crippen LogP contribution in [0, 0.1) is 0 Å². The van der Waals surface area contributed by atoms with Crippen molar-refractivity contribution in [2.75, 3.05) is 13.6 Å². The average Bonchev–Trinajstić information content (AvgIpc) is 2.00. The molecule has 1 amide bonds. The van der Waals surface area contributed by atoms with Crippen LogP contribution in [-0.4, -0.2) is 47.8 Å². The topological polar surface area (TPSA) is 49.8 Å². The fraction of sp³-hybridized carbons (Fsp3) is 0.889. The highest BCUT2D eigenvalue weighted by molar-refractivity contribution is 5.67. The minimum atomic E-state index is -2.87. The van der Waals surface area contributed by atoms with Crippen molar-refractivity contribution in [2.45, 2.75) is 38.9 Å². The zero-order valence-corrected chi connectivity index (χ0v) is 9.33. The number of hydrogen-bond acceptors (Lipinski definition) is 3. The van der Waals surface area contributed by atoms with E-state index in [2.05, 4.69) is 0 Å². The van der Waals surface area contributed by atoms with Crippen LogP contribution in [0.5, 0.6) is 0 Å². The van der Waals surface area contributed by atoms with E-state index in [0.717, 1.165) is 4.90 Å². The Morgan fingerprint density at radius 2 is 1.93 bits per heavy atom. The lowest BCUT2D eigenvalue weighted by Crippen LogP contribution is -2.40. The monoisotopic (exact) mass is 225 g/mol. The van der Waals surface area contributed by atoms with Crippen LogP contribution in [0.15, 0.2) is 0 Å². The molecule has 0 spiro atoms. The maximum Gasteiger partial charge on any atom is 0.410 e. The van der Waals surface area contributed by atoms with Gasteiger partial charge in [-0.3, -0.25) is 0 Å². The van der Waals surface area contributed by atoms with Crippen molar-refractivity contribution >= 4 is 6.09 Å². The maximum atomic E-state index is 12.0. The molecule has 0 aromatic carbocycles. The van der Waals surface area contributed by atoms with Crippen molar-refractivity contribution in [3.8, 4) is 0 Å². The zero-order chi connectivity index (χ0) is 12.2. The molecule has 15 heavy (non-hydrogen) atoms. The highest BCUT2D eigenvalue weighted by Crippen LogP contribution is 2.10. The quantitative estimate of drug-likeness (QED) is 0.791. The van der Waals surface area contributed by atoms with Gasteiger partial charge in [-0.15, -0.1) is 0 Å². The molecule has 0 heterocycles. The van der Waals surface area contributed by atoms with Gasteiger partial charge < -0.3 is 14.7 Å². The number of amides is 1. The molecular formula is C9H17F2NO3. The van der Waals surface area contributed by atoms with Gasteiger partial charge in [-0.05, 0) is 20.8 Å². The molecule has 0 radical (unpaired) electrons. The number of carbonyl (C=O) groups excluding carboxylic acids is 1. The highest BCUT2D eigenvalue weighted by atomic mass is 19.3. The summed E-state index contributed by atoms with van der Waals surface area (Å²) in [5.41, 5.74) is -0.679. The van der Waals surface area contributed by atoms with Gasteiger partial charge in [0.2, 0.25) is 0 Å². The third-order valence-electron chi connectivity index (χ3n) is 1.46. The molecule has 0 bridgehead atoms. The van der Waals surface area contributed by atoms with Gasteiger partial charge in [0.1, 0.15) is 11.7 Å². The molecule has 90 valence electrons. The summed E-state index contributed by atoms with van der Waals surface area (Å²) in [7, 11) is 1.29. The molecule has 1 N–H and O–H groups in total. The van der Waals surface area contributed by atoms with Crippen molar-refractivity contribution in [1.82, 2.24) is 4.90 Å². The van der Waals surface area contributed by atoms with E-state index in [4.69, 9.17) is 9.84 Å². The number of nitrogens with zero attached hydrogens (tertiary/aromatic N) is 1. The molecule has 0 aliphatic carbocycles. The van der Waals surface area contributed by atoms with Crippen LogP contribution in [0.4, 0.5) is 13.6 Å². The Labute approximate surface area is 87.8 Å².